The van der Waals surface area contributed by atoms with Gasteiger partial charge in [-0.25, -0.2) is 0 Å². The molecule has 1 amide bonds. The van der Waals surface area contributed by atoms with Gasteiger partial charge in [0, 0.05) is 32.6 Å². The van der Waals surface area contributed by atoms with Crippen molar-refractivity contribution in [3.05, 3.63) is 0 Å². The van der Waals surface area contributed by atoms with Crippen molar-refractivity contribution < 1.29 is 4.79 Å². The fraction of sp³-hybridized carbons (Fsp3) is 0.944. The zero-order valence-electron chi connectivity index (χ0n) is 15.0. The molecule has 4 nitrogen and oxygen atoms in total. The van der Waals surface area contributed by atoms with Crippen LogP contribution >= 0.6 is 0 Å². The zero-order valence-corrected chi connectivity index (χ0v) is 15.0. The Balaban J connectivity index is 3.20. The van der Waals surface area contributed by atoms with Crippen molar-refractivity contribution in [3.63, 3.8) is 0 Å². The van der Waals surface area contributed by atoms with E-state index < -0.39 is 0 Å². The third-order valence-electron chi connectivity index (χ3n) is 4.08. The van der Waals surface area contributed by atoms with Crippen LogP contribution in [0.2, 0.25) is 0 Å². The van der Waals surface area contributed by atoms with E-state index >= 15 is 0 Å². The molecule has 0 spiro atoms. The summed E-state index contributed by atoms with van der Waals surface area (Å²) in [5, 5.41) is 3.01. The fourth-order valence-corrected chi connectivity index (χ4v) is 2.55. The number of nitrogens with two attached hydrogens (primary N) is 1. The molecule has 0 unspecified atom stereocenters. The molecule has 0 rings (SSSR count). The van der Waals surface area contributed by atoms with Crippen molar-refractivity contribution >= 4 is 5.91 Å². The number of hydrogen-bond donors (Lipinski definition) is 2. The number of unbranched alkanes of at least 4 members (excludes halogenated alkanes) is 9. The summed E-state index contributed by atoms with van der Waals surface area (Å²) in [5.74, 6) is 0.166. The van der Waals surface area contributed by atoms with E-state index in [0.29, 0.717) is 13.0 Å². The van der Waals surface area contributed by atoms with E-state index in [1.807, 2.05) is 7.05 Å². The molecule has 0 aliphatic carbocycles. The Hall–Kier alpha value is -0.610. The second kappa shape index (κ2) is 16.8. The summed E-state index contributed by atoms with van der Waals surface area (Å²) in [6.07, 6.45) is 13.9. The third kappa shape index (κ3) is 15.8. The normalized spacial score (nSPS) is 11.1. The van der Waals surface area contributed by atoms with Gasteiger partial charge in [0.25, 0.3) is 0 Å². The van der Waals surface area contributed by atoms with Gasteiger partial charge in [-0.2, -0.15) is 0 Å². The van der Waals surface area contributed by atoms with Crippen LogP contribution < -0.4 is 11.1 Å². The molecular weight excluding hydrogens is 274 g/mol. The lowest BCUT2D eigenvalue weighted by Gasteiger charge is -2.14. The van der Waals surface area contributed by atoms with Gasteiger partial charge in [0.15, 0.2) is 0 Å². The van der Waals surface area contributed by atoms with E-state index in [0.717, 1.165) is 26.1 Å². The average molecular weight is 314 g/mol. The Morgan fingerprint density at radius 3 is 2.00 bits per heavy atom. The second-order valence-corrected chi connectivity index (χ2v) is 6.37. The highest BCUT2D eigenvalue weighted by molar-refractivity contribution is 5.75. The Labute approximate surface area is 138 Å². The quantitative estimate of drug-likeness (QED) is 0.430. The van der Waals surface area contributed by atoms with Gasteiger partial charge in [-0.1, -0.05) is 64.7 Å². The van der Waals surface area contributed by atoms with Crippen LogP contribution in [0.1, 0.15) is 77.6 Å². The molecule has 0 saturated carbocycles. The van der Waals surface area contributed by atoms with E-state index in [1.54, 1.807) is 0 Å². The standard InChI is InChI=1S/C18H39N3O/c1-3-4-5-6-7-8-9-10-11-12-15-20-18(22)13-16-21(2)17-14-19/h3-17,19H2,1-2H3,(H,20,22). The summed E-state index contributed by atoms with van der Waals surface area (Å²) in [5.41, 5.74) is 5.47. The van der Waals surface area contributed by atoms with Gasteiger partial charge in [-0.05, 0) is 13.5 Å². The summed E-state index contributed by atoms with van der Waals surface area (Å²) in [6, 6.07) is 0. The van der Waals surface area contributed by atoms with Crippen LogP contribution in [0.5, 0.6) is 0 Å². The van der Waals surface area contributed by atoms with Crippen LogP contribution in [0.4, 0.5) is 0 Å². The Morgan fingerprint density at radius 2 is 1.45 bits per heavy atom. The summed E-state index contributed by atoms with van der Waals surface area (Å²) in [6.45, 7) is 5.39. The first-order valence-corrected chi connectivity index (χ1v) is 9.36. The highest BCUT2D eigenvalue weighted by Crippen LogP contribution is 2.10. The largest absolute Gasteiger partial charge is 0.356 e. The predicted octanol–water partition coefficient (Wildman–Crippen LogP) is 3.30. The van der Waals surface area contributed by atoms with Crippen LogP contribution in [0.15, 0.2) is 0 Å². The smallest absolute Gasteiger partial charge is 0.221 e. The van der Waals surface area contributed by atoms with Crippen LogP contribution in [0, 0.1) is 0 Å². The molecule has 22 heavy (non-hydrogen) atoms. The number of hydrogen-bond acceptors (Lipinski definition) is 3. The minimum atomic E-state index is 0.166. The van der Waals surface area contributed by atoms with Crippen LogP contribution in [-0.2, 0) is 4.79 Å². The van der Waals surface area contributed by atoms with E-state index in [2.05, 4.69) is 17.1 Å². The van der Waals surface area contributed by atoms with Gasteiger partial charge in [-0.3, -0.25) is 4.79 Å². The summed E-state index contributed by atoms with van der Waals surface area (Å²) >= 11 is 0. The molecular formula is C18H39N3O. The molecule has 0 heterocycles. The number of rotatable bonds is 16. The minimum absolute atomic E-state index is 0.166. The predicted molar refractivity (Wildman–Crippen MR) is 96.0 cm³/mol. The number of nitrogens with zero attached hydrogens (tertiary/aromatic N) is 1. The highest BCUT2D eigenvalue weighted by atomic mass is 16.1. The molecule has 0 aromatic rings. The lowest BCUT2D eigenvalue weighted by Crippen LogP contribution is -2.31. The fourth-order valence-electron chi connectivity index (χ4n) is 2.55. The van der Waals surface area contributed by atoms with E-state index in [4.69, 9.17) is 5.73 Å². The van der Waals surface area contributed by atoms with Crippen molar-refractivity contribution in [2.75, 3.05) is 33.2 Å². The Bertz CT molecular complexity index is 246. The number of carbonyl (C=O) groups is 1. The second-order valence-electron chi connectivity index (χ2n) is 6.37. The topological polar surface area (TPSA) is 58.4 Å². The molecule has 0 saturated heterocycles. The van der Waals surface area contributed by atoms with Crippen molar-refractivity contribution in [1.82, 2.24) is 10.2 Å². The number of nitrogens with one attached hydrogen (secondary N) is 1. The number of carbonyl (C=O) groups excluding carboxylic acids is 1. The maximum absolute atomic E-state index is 11.6. The Morgan fingerprint density at radius 1 is 0.909 bits per heavy atom. The van der Waals surface area contributed by atoms with Crippen molar-refractivity contribution in [2.24, 2.45) is 5.73 Å². The molecule has 0 aromatic carbocycles. The van der Waals surface area contributed by atoms with Gasteiger partial charge in [0.2, 0.25) is 5.91 Å². The summed E-state index contributed by atoms with van der Waals surface area (Å²) < 4.78 is 0. The molecule has 0 radical (unpaired) electrons. The maximum Gasteiger partial charge on any atom is 0.221 e. The van der Waals surface area contributed by atoms with E-state index in [1.165, 1.54) is 57.8 Å². The molecule has 0 aliphatic heterocycles. The van der Waals surface area contributed by atoms with Crippen molar-refractivity contribution in [1.29, 1.82) is 0 Å². The monoisotopic (exact) mass is 313 g/mol. The molecule has 0 atom stereocenters. The van der Waals surface area contributed by atoms with Gasteiger partial charge in [0.1, 0.15) is 0 Å². The lowest BCUT2D eigenvalue weighted by molar-refractivity contribution is -0.121. The molecule has 0 fully saturated rings. The van der Waals surface area contributed by atoms with E-state index in [-0.39, 0.29) is 5.91 Å². The molecule has 0 aromatic heterocycles. The molecule has 3 N–H and O–H groups in total. The summed E-state index contributed by atoms with van der Waals surface area (Å²) in [4.78, 5) is 13.7. The zero-order chi connectivity index (χ0) is 16.5. The van der Waals surface area contributed by atoms with Crippen LogP contribution in [0.25, 0.3) is 0 Å². The first-order chi connectivity index (χ1) is 10.7. The van der Waals surface area contributed by atoms with Gasteiger partial charge in [-0.15, -0.1) is 0 Å². The minimum Gasteiger partial charge on any atom is -0.356 e. The van der Waals surface area contributed by atoms with Crippen LogP contribution in [-0.4, -0.2) is 44.0 Å². The molecule has 132 valence electrons. The maximum atomic E-state index is 11.6. The first kappa shape index (κ1) is 21.4. The van der Waals surface area contributed by atoms with Crippen molar-refractivity contribution in [3.8, 4) is 0 Å². The SMILES string of the molecule is CCCCCCCCCCCCNC(=O)CCN(C)CCN. The van der Waals surface area contributed by atoms with Gasteiger partial charge >= 0.3 is 0 Å². The third-order valence-corrected chi connectivity index (χ3v) is 4.08. The lowest BCUT2D eigenvalue weighted by atomic mass is 10.1. The van der Waals surface area contributed by atoms with Gasteiger partial charge in [0.05, 0.1) is 0 Å². The number of likely N-dealkylation sites (N-methyl/N-ethyl adjacent to an activating group) is 1. The molecule has 0 bridgehead atoms. The Kier molecular flexibility index (Phi) is 16.3. The van der Waals surface area contributed by atoms with E-state index in [9.17, 15) is 4.79 Å². The van der Waals surface area contributed by atoms with Crippen molar-refractivity contribution in [2.45, 2.75) is 77.6 Å². The molecule has 0 aliphatic rings. The first-order valence-electron chi connectivity index (χ1n) is 9.36. The summed E-state index contributed by atoms with van der Waals surface area (Å²) in [7, 11) is 2.00. The van der Waals surface area contributed by atoms with Crippen LogP contribution in [0.3, 0.4) is 0 Å². The highest BCUT2D eigenvalue weighted by Gasteiger charge is 2.03. The molecule has 4 heteroatoms. The number of amides is 1. The average Bonchev–Trinajstić information content (AvgIpc) is 2.51. The van der Waals surface area contributed by atoms with Gasteiger partial charge < -0.3 is 16.0 Å².